The number of rotatable bonds is 7. The smallest absolute Gasteiger partial charge is 0.251 e. The van der Waals surface area contributed by atoms with E-state index in [1.165, 1.54) is 12.1 Å². The molecule has 0 bridgehead atoms. The molecule has 26 heavy (non-hydrogen) atoms. The van der Waals surface area contributed by atoms with Crippen molar-refractivity contribution in [2.45, 2.75) is 43.7 Å². The van der Waals surface area contributed by atoms with Gasteiger partial charge >= 0.3 is 0 Å². The number of carbonyl (C=O) groups is 1. The summed E-state index contributed by atoms with van der Waals surface area (Å²) in [6.45, 7) is 4.06. The normalized spacial score (nSPS) is 15.8. The lowest BCUT2D eigenvalue weighted by Crippen LogP contribution is -2.31. The van der Waals surface area contributed by atoms with E-state index < -0.39 is 10.0 Å². The number of amides is 1. The van der Waals surface area contributed by atoms with Crippen molar-refractivity contribution in [1.29, 1.82) is 0 Å². The highest BCUT2D eigenvalue weighted by Gasteiger charge is 2.30. The zero-order chi connectivity index (χ0) is 18.9. The van der Waals surface area contributed by atoms with Gasteiger partial charge in [0.2, 0.25) is 10.0 Å². The number of sulfonamides is 1. The topological polar surface area (TPSA) is 75.3 Å². The Balaban J connectivity index is 1.84. The first-order chi connectivity index (χ1) is 12.3. The maximum Gasteiger partial charge on any atom is 0.251 e. The highest BCUT2D eigenvalue weighted by Crippen LogP contribution is 2.29. The largest absolute Gasteiger partial charge is 0.344 e. The fourth-order valence-electron chi connectivity index (χ4n) is 2.59. The van der Waals surface area contributed by atoms with Crippen molar-refractivity contribution in [2.75, 3.05) is 0 Å². The number of carbonyl (C=O) groups excluding carboxylic acids is 1. The predicted molar refractivity (Wildman–Crippen MR) is 104 cm³/mol. The summed E-state index contributed by atoms with van der Waals surface area (Å²) in [5.41, 5.74) is 0.271. The monoisotopic (exact) mass is 412 g/mol. The van der Waals surface area contributed by atoms with Gasteiger partial charge in [-0.1, -0.05) is 31.5 Å². The molecule has 0 saturated heterocycles. The lowest BCUT2D eigenvalue weighted by molar-refractivity contribution is 0.0926. The average molecular weight is 413 g/mol. The fraction of sp³-hybridized carbons (Fsp3) is 0.389. The van der Waals surface area contributed by atoms with E-state index in [1.54, 1.807) is 17.4 Å². The Morgan fingerprint density at radius 2 is 2.00 bits per heavy atom. The molecule has 0 radical (unpaired) electrons. The first kappa shape index (κ1) is 19.4. The van der Waals surface area contributed by atoms with E-state index in [1.807, 2.05) is 31.4 Å². The summed E-state index contributed by atoms with van der Waals surface area (Å²) in [5, 5.41) is 5.07. The lowest BCUT2D eigenvalue weighted by Gasteiger charge is -2.21. The van der Waals surface area contributed by atoms with Gasteiger partial charge in [0.05, 0.1) is 11.1 Å². The molecule has 8 heteroatoms. The summed E-state index contributed by atoms with van der Waals surface area (Å²) in [4.78, 5) is 13.7. The molecule has 1 saturated carbocycles. The lowest BCUT2D eigenvalue weighted by atomic mass is 10.0. The van der Waals surface area contributed by atoms with E-state index in [0.717, 1.165) is 17.7 Å². The van der Waals surface area contributed by atoms with Gasteiger partial charge in [0.1, 0.15) is 4.90 Å². The molecular formula is C18H21ClN2O3S2. The molecular weight excluding hydrogens is 392 g/mol. The van der Waals surface area contributed by atoms with Gasteiger partial charge in [0.25, 0.3) is 5.91 Å². The number of hydrogen-bond acceptors (Lipinski definition) is 4. The van der Waals surface area contributed by atoms with Gasteiger partial charge in [-0.3, -0.25) is 4.79 Å². The van der Waals surface area contributed by atoms with E-state index in [-0.39, 0.29) is 39.4 Å². The minimum atomic E-state index is -3.73. The fourth-order valence-corrected chi connectivity index (χ4v) is 5.37. The number of halogens is 1. The van der Waals surface area contributed by atoms with Gasteiger partial charge in [0, 0.05) is 16.5 Å². The molecule has 3 rings (SSSR count). The van der Waals surface area contributed by atoms with Crippen molar-refractivity contribution in [3.05, 3.63) is 51.2 Å². The van der Waals surface area contributed by atoms with Crippen molar-refractivity contribution in [3.8, 4) is 0 Å². The number of thiophene rings is 1. The second-order valence-electron chi connectivity index (χ2n) is 6.75. The Bertz CT molecular complexity index is 891. The molecule has 140 valence electrons. The van der Waals surface area contributed by atoms with Crippen LogP contribution in [0.4, 0.5) is 0 Å². The zero-order valence-electron chi connectivity index (χ0n) is 14.5. The van der Waals surface area contributed by atoms with Crippen LogP contribution in [0.2, 0.25) is 5.02 Å². The minimum Gasteiger partial charge on any atom is -0.344 e. The van der Waals surface area contributed by atoms with Crippen molar-refractivity contribution in [3.63, 3.8) is 0 Å². The van der Waals surface area contributed by atoms with E-state index in [0.29, 0.717) is 0 Å². The molecule has 2 aromatic rings. The molecule has 1 atom stereocenters. The second kappa shape index (κ2) is 7.68. The molecule has 1 aliphatic carbocycles. The first-order valence-corrected chi connectivity index (χ1v) is 11.2. The van der Waals surface area contributed by atoms with Crippen LogP contribution >= 0.6 is 22.9 Å². The Labute approximate surface area is 162 Å². The average Bonchev–Trinajstić information content (AvgIpc) is 3.21. The highest BCUT2D eigenvalue weighted by atomic mass is 35.5. The summed E-state index contributed by atoms with van der Waals surface area (Å²) < 4.78 is 27.5. The van der Waals surface area contributed by atoms with Gasteiger partial charge in [-0.2, -0.15) is 0 Å². The summed E-state index contributed by atoms with van der Waals surface area (Å²) in [7, 11) is -3.73. The third-order valence-electron chi connectivity index (χ3n) is 4.19. The summed E-state index contributed by atoms with van der Waals surface area (Å²) in [6.07, 6.45) is 1.65. The maximum absolute atomic E-state index is 12.7. The van der Waals surface area contributed by atoms with Gasteiger partial charge in [-0.05, 0) is 48.4 Å². The minimum absolute atomic E-state index is 0.0299. The standard InChI is InChI=1S/C18H21ClN2O3S2/c1-11(2)17(15-4-3-9-25-15)20-18(22)12-5-8-14(19)16(10-12)26(23,24)21-13-6-7-13/h3-5,8-11,13,17,21H,6-7H2,1-2H3,(H,20,22)/t17-/m0/s1. The molecule has 1 amide bonds. The highest BCUT2D eigenvalue weighted by molar-refractivity contribution is 7.89. The van der Waals surface area contributed by atoms with E-state index in [4.69, 9.17) is 11.6 Å². The Morgan fingerprint density at radius 1 is 1.27 bits per heavy atom. The quantitative estimate of drug-likeness (QED) is 0.722. The van der Waals surface area contributed by atoms with Crippen molar-refractivity contribution in [2.24, 2.45) is 5.92 Å². The maximum atomic E-state index is 12.7. The zero-order valence-corrected chi connectivity index (χ0v) is 16.9. The third kappa shape index (κ3) is 4.46. The van der Waals surface area contributed by atoms with Crippen molar-refractivity contribution in [1.82, 2.24) is 10.0 Å². The van der Waals surface area contributed by atoms with Crippen LogP contribution in [-0.2, 0) is 10.0 Å². The van der Waals surface area contributed by atoms with Crippen LogP contribution in [0.5, 0.6) is 0 Å². The van der Waals surface area contributed by atoms with Crippen LogP contribution in [0.1, 0.15) is 48.0 Å². The Hall–Kier alpha value is -1.41. The SMILES string of the molecule is CC(C)[C@H](NC(=O)c1ccc(Cl)c(S(=O)(=O)NC2CC2)c1)c1cccs1. The van der Waals surface area contributed by atoms with Crippen molar-refractivity contribution >= 4 is 38.9 Å². The Morgan fingerprint density at radius 3 is 2.58 bits per heavy atom. The van der Waals surface area contributed by atoms with Gasteiger partial charge in [0.15, 0.2) is 0 Å². The predicted octanol–water partition coefficient (Wildman–Crippen LogP) is 3.97. The van der Waals surface area contributed by atoms with Crippen molar-refractivity contribution < 1.29 is 13.2 Å². The molecule has 1 fully saturated rings. The van der Waals surface area contributed by atoms with E-state index in [2.05, 4.69) is 10.0 Å². The van der Waals surface area contributed by atoms with E-state index in [9.17, 15) is 13.2 Å². The third-order valence-corrected chi connectivity index (χ3v) is 7.14. The number of hydrogen-bond donors (Lipinski definition) is 2. The molecule has 0 unspecified atom stereocenters. The van der Waals surface area contributed by atoms with Gasteiger partial charge < -0.3 is 5.32 Å². The number of benzene rings is 1. The van der Waals surface area contributed by atoms with Crippen LogP contribution in [0.15, 0.2) is 40.6 Å². The summed E-state index contributed by atoms with van der Waals surface area (Å²) in [5.74, 6) is -0.124. The van der Waals surface area contributed by atoms with Crippen LogP contribution in [0.3, 0.4) is 0 Å². The van der Waals surface area contributed by atoms with Gasteiger partial charge in [-0.15, -0.1) is 11.3 Å². The number of nitrogens with one attached hydrogen (secondary N) is 2. The van der Waals surface area contributed by atoms with Crippen LogP contribution in [-0.4, -0.2) is 20.4 Å². The van der Waals surface area contributed by atoms with E-state index >= 15 is 0 Å². The molecule has 1 aromatic carbocycles. The van der Waals surface area contributed by atoms with Crippen LogP contribution in [0, 0.1) is 5.92 Å². The molecule has 0 spiro atoms. The summed E-state index contributed by atoms with van der Waals surface area (Å²) in [6, 6.07) is 8.09. The second-order valence-corrected chi connectivity index (χ2v) is 9.82. The van der Waals surface area contributed by atoms with Gasteiger partial charge in [-0.25, -0.2) is 13.1 Å². The van der Waals surface area contributed by atoms with Crippen LogP contribution in [0.25, 0.3) is 0 Å². The first-order valence-electron chi connectivity index (χ1n) is 8.44. The molecule has 0 aliphatic heterocycles. The molecule has 1 aliphatic rings. The molecule has 1 heterocycles. The molecule has 5 nitrogen and oxygen atoms in total. The Kier molecular flexibility index (Phi) is 5.72. The molecule has 2 N–H and O–H groups in total. The van der Waals surface area contributed by atoms with Crippen LogP contribution < -0.4 is 10.0 Å². The molecule has 1 aromatic heterocycles. The summed E-state index contributed by atoms with van der Waals surface area (Å²) >= 11 is 7.66.